The second-order valence-electron chi connectivity index (χ2n) is 4.07. The molecule has 0 atom stereocenters. The van der Waals surface area contributed by atoms with E-state index in [1.54, 1.807) is 25.1 Å². The molecule has 0 unspecified atom stereocenters. The van der Waals surface area contributed by atoms with Crippen LogP contribution >= 0.6 is 15.9 Å². The van der Waals surface area contributed by atoms with Gasteiger partial charge in [0.05, 0.1) is 12.8 Å². The van der Waals surface area contributed by atoms with Crippen molar-refractivity contribution < 1.29 is 14.3 Å². The van der Waals surface area contributed by atoms with Crippen molar-refractivity contribution in [3.05, 3.63) is 40.5 Å². The number of ether oxygens (including phenoxy) is 1. The van der Waals surface area contributed by atoms with Crippen molar-refractivity contribution in [2.45, 2.75) is 13.5 Å². The van der Waals surface area contributed by atoms with E-state index in [9.17, 15) is 9.59 Å². The van der Waals surface area contributed by atoms with Gasteiger partial charge in [-0.1, -0.05) is 27.2 Å². The summed E-state index contributed by atoms with van der Waals surface area (Å²) in [6.45, 7) is 1.98. The van der Waals surface area contributed by atoms with Crippen LogP contribution < -0.4 is 5.32 Å². The standard InChI is InChI=1S/C13H13BrN4O3/c1-2-21-12(19)8-18-7-11(16-17-18)15-13(20)9-4-3-5-10(14)6-9/h3-7H,2,8H2,1H3,(H,15,20). The second kappa shape index (κ2) is 6.98. The normalized spacial score (nSPS) is 10.2. The molecule has 2 aromatic rings. The Morgan fingerprint density at radius 1 is 1.43 bits per heavy atom. The Hall–Kier alpha value is -2.22. The van der Waals surface area contributed by atoms with Gasteiger partial charge in [0.1, 0.15) is 6.54 Å². The van der Waals surface area contributed by atoms with E-state index in [4.69, 9.17) is 4.74 Å². The first kappa shape index (κ1) is 15.2. The summed E-state index contributed by atoms with van der Waals surface area (Å²) in [5.74, 6) is -0.448. The number of benzene rings is 1. The van der Waals surface area contributed by atoms with Crippen LogP contribution in [0.15, 0.2) is 34.9 Å². The molecule has 8 heteroatoms. The maximum atomic E-state index is 12.0. The maximum absolute atomic E-state index is 12.0. The number of rotatable bonds is 5. The molecule has 0 spiro atoms. The van der Waals surface area contributed by atoms with Crippen molar-refractivity contribution in [1.29, 1.82) is 0 Å². The summed E-state index contributed by atoms with van der Waals surface area (Å²) < 4.78 is 6.91. The van der Waals surface area contributed by atoms with E-state index in [0.717, 1.165) is 4.47 Å². The zero-order valence-corrected chi connectivity index (χ0v) is 12.8. The van der Waals surface area contributed by atoms with Gasteiger partial charge in [-0.15, -0.1) is 5.10 Å². The van der Waals surface area contributed by atoms with Crippen LogP contribution in [-0.2, 0) is 16.1 Å². The summed E-state index contributed by atoms with van der Waals surface area (Å²) in [7, 11) is 0. The molecule has 0 aliphatic carbocycles. The number of esters is 1. The average Bonchev–Trinajstić information content (AvgIpc) is 2.86. The number of carbonyl (C=O) groups excluding carboxylic acids is 2. The third-order valence-corrected chi connectivity index (χ3v) is 2.96. The van der Waals surface area contributed by atoms with Gasteiger partial charge in [0.2, 0.25) is 0 Å². The van der Waals surface area contributed by atoms with Crippen LogP contribution in [0.3, 0.4) is 0 Å². The first-order chi connectivity index (χ1) is 10.1. The third kappa shape index (κ3) is 4.38. The molecule has 0 saturated carbocycles. The summed E-state index contributed by atoms with van der Waals surface area (Å²) in [5, 5.41) is 10.1. The second-order valence-corrected chi connectivity index (χ2v) is 4.99. The quantitative estimate of drug-likeness (QED) is 0.830. The van der Waals surface area contributed by atoms with Crippen molar-refractivity contribution in [2.75, 3.05) is 11.9 Å². The largest absolute Gasteiger partial charge is 0.465 e. The number of halogens is 1. The highest BCUT2D eigenvalue weighted by atomic mass is 79.9. The molecule has 0 fully saturated rings. The van der Waals surface area contributed by atoms with Crippen LogP contribution in [0.1, 0.15) is 17.3 Å². The lowest BCUT2D eigenvalue weighted by atomic mass is 10.2. The molecule has 0 radical (unpaired) electrons. The van der Waals surface area contributed by atoms with Gasteiger partial charge in [-0.2, -0.15) is 0 Å². The maximum Gasteiger partial charge on any atom is 0.327 e. The Balaban J connectivity index is 1.99. The molecule has 7 nitrogen and oxygen atoms in total. The number of hydrogen-bond donors (Lipinski definition) is 1. The molecule has 0 aliphatic rings. The summed E-state index contributed by atoms with van der Waals surface area (Å²) >= 11 is 3.30. The minimum absolute atomic E-state index is 0.0480. The van der Waals surface area contributed by atoms with E-state index in [1.165, 1.54) is 10.9 Å². The van der Waals surface area contributed by atoms with Gasteiger partial charge in [-0.25, -0.2) is 4.68 Å². The van der Waals surface area contributed by atoms with Crippen LogP contribution in [-0.4, -0.2) is 33.5 Å². The molecule has 1 heterocycles. The molecule has 0 aliphatic heterocycles. The molecule has 110 valence electrons. The molecule has 1 aromatic carbocycles. The van der Waals surface area contributed by atoms with Gasteiger partial charge >= 0.3 is 5.97 Å². The lowest BCUT2D eigenvalue weighted by Crippen LogP contribution is -2.14. The average molecular weight is 353 g/mol. The first-order valence-electron chi connectivity index (χ1n) is 6.21. The zero-order chi connectivity index (χ0) is 15.2. The Bertz CT molecular complexity index is 656. The summed E-state index contributed by atoms with van der Waals surface area (Å²) in [4.78, 5) is 23.3. The number of nitrogens with one attached hydrogen (secondary N) is 1. The van der Waals surface area contributed by atoms with Crippen LogP contribution in [0, 0.1) is 0 Å². The van der Waals surface area contributed by atoms with E-state index >= 15 is 0 Å². The number of amides is 1. The van der Waals surface area contributed by atoms with E-state index in [1.807, 2.05) is 6.07 Å². The van der Waals surface area contributed by atoms with E-state index in [0.29, 0.717) is 12.2 Å². The molecule has 0 saturated heterocycles. The van der Waals surface area contributed by atoms with E-state index < -0.39 is 5.97 Å². The summed E-state index contributed by atoms with van der Waals surface area (Å²) in [6, 6.07) is 6.96. The molecule has 1 amide bonds. The number of anilines is 1. The smallest absolute Gasteiger partial charge is 0.327 e. The number of carbonyl (C=O) groups is 2. The number of nitrogens with zero attached hydrogens (tertiary/aromatic N) is 3. The van der Waals surface area contributed by atoms with Crippen molar-refractivity contribution >= 4 is 33.6 Å². The van der Waals surface area contributed by atoms with Crippen LogP contribution in [0.4, 0.5) is 5.82 Å². The predicted octanol–water partition coefficient (Wildman–Crippen LogP) is 1.86. The van der Waals surface area contributed by atoms with Crippen molar-refractivity contribution in [2.24, 2.45) is 0 Å². The molecule has 2 rings (SSSR count). The highest BCUT2D eigenvalue weighted by Gasteiger charge is 2.10. The molecule has 1 aromatic heterocycles. The topological polar surface area (TPSA) is 86.1 Å². The van der Waals surface area contributed by atoms with Crippen LogP contribution in [0.2, 0.25) is 0 Å². The van der Waals surface area contributed by atoms with Crippen LogP contribution in [0.5, 0.6) is 0 Å². The number of hydrogen-bond acceptors (Lipinski definition) is 5. The fourth-order valence-corrected chi connectivity index (χ4v) is 1.99. The summed E-state index contributed by atoms with van der Waals surface area (Å²) in [5.41, 5.74) is 0.490. The molecule has 1 N–H and O–H groups in total. The van der Waals surface area contributed by atoms with Gasteiger partial charge < -0.3 is 10.1 Å². The lowest BCUT2D eigenvalue weighted by molar-refractivity contribution is -0.144. The van der Waals surface area contributed by atoms with Gasteiger partial charge in [-0.3, -0.25) is 9.59 Å². The Labute approximate surface area is 129 Å². The fourth-order valence-electron chi connectivity index (χ4n) is 1.59. The van der Waals surface area contributed by atoms with Gasteiger partial charge in [0.25, 0.3) is 5.91 Å². The molecule has 21 heavy (non-hydrogen) atoms. The van der Waals surface area contributed by atoms with Crippen LogP contribution in [0.25, 0.3) is 0 Å². The lowest BCUT2D eigenvalue weighted by Gasteiger charge is -2.02. The monoisotopic (exact) mass is 352 g/mol. The minimum Gasteiger partial charge on any atom is -0.465 e. The highest BCUT2D eigenvalue weighted by molar-refractivity contribution is 9.10. The van der Waals surface area contributed by atoms with Crippen molar-refractivity contribution in [1.82, 2.24) is 15.0 Å². The predicted molar refractivity (Wildman–Crippen MR) is 78.8 cm³/mol. The third-order valence-electron chi connectivity index (χ3n) is 2.46. The Morgan fingerprint density at radius 2 is 2.24 bits per heavy atom. The molecular formula is C13H13BrN4O3. The molecular weight excluding hydrogens is 340 g/mol. The fraction of sp³-hybridized carbons (Fsp3) is 0.231. The summed E-state index contributed by atoms with van der Waals surface area (Å²) in [6.07, 6.45) is 1.47. The Morgan fingerprint density at radius 3 is 2.95 bits per heavy atom. The van der Waals surface area contributed by atoms with Gasteiger partial charge in [0.15, 0.2) is 5.82 Å². The zero-order valence-electron chi connectivity index (χ0n) is 11.2. The number of aromatic nitrogens is 3. The Kier molecular flexibility index (Phi) is 5.04. The van der Waals surface area contributed by atoms with Gasteiger partial charge in [0, 0.05) is 10.0 Å². The van der Waals surface area contributed by atoms with Crippen molar-refractivity contribution in [3.63, 3.8) is 0 Å². The molecule has 0 bridgehead atoms. The van der Waals surface area contributed by atoms with E-state index in [-0.39, 0.29) is 18.3 Å². The van der Waals surface area contributed by atoms with E-state index in [2.05, 4.69) is 31.6 Å². The SMILES string of the molecule is CCOC(=O)Cn1cc(NC(=O)c2cccc(Br)c2)nn1. The van der Waals surface area contributed by atoms with Gasteiger partial charge in [-0.05, 0) is 25.1 Å². The minimum atomic E-state index is -0.410. The highest BCUT2D eigenvalue weighted by Crippen LogP contribution is 2.13. The first-order valence-corrected chi connectivity index (χ1v) is 7.00. The van der Waals surface area contributed by atoms with Crippen molar-refractivity contribution in [3.8, 4) is 0 Å².